The van der Waals surface area contributed by atoms with Crippen molar-refractivity contribution < 1.29 is 9.90 Å². The van der Waals surface area contributed by atoms with Gasteiger partial charge in [-0.15, -0.1) is 0 Å². The SMILES string of the molecule is O=C(N/N=C\c1c(O)ccc2ccccc12)C(Sc1n[nH]c(=O)[nH]c1=O)c1ccccc1. The molecule has 4 aromatic rings. The lowest BCUT2D eigenvalue weighted by atomic mass is 10.0. The zero-order chi connectivity index (χ0) is 22.5. The van der Waals surface area contributed by atoms with Gasteiger partial charge in [-0.2, -0.15) is 10.2 Å². The van der Waals surface area contributed by atoms with Gasteiger partial charge in [-0.1, -0.05) is 72.4 Å². The zero-order valence-electron chi connectivity index (χ0n) is 16.5. The molecule has 1 atom stereocenters. The third-order valence-electron chi connectivity index (χ3n) is 4.57. The minimum atomic E-state index is -0.867. The summed E-state index contributed by atoms with van der Waals surface area (Å²) in [5.41, 5.74) is 2.11. The Morgan fingerprint density at radius 2 is 1.81 bits per heavy atom. The molecule has 0 saturated carbocycles. The number of amides is 1. The summed E-state index contributed by atoms with van der Waals surface area (Å²) in [6.07, 6.45) is 1.37. The molecule has 9 nitrogen and oxygen atoms in total. The molecular weight excluding hydrogens is 430 g/mol. The summed E-state index contributed by atoms with van der Waals surface area (Å²) in [5.74, 6) is -0.482. The van der Waals surface area contributed by atoms with E-state index in [1.807, 2.05) is 24.3 Å². The van der Waals surface area contributed by atoms with Crippen LogP contribution in [0.3, 0.4) is 0 Å². The van der Waals surface area contributed by atoms with Crippen LogP contribution in [-0.4, -0.2) is 32.4 Å². The van der Waals surface area contributed by atoms with Gasteiger partial charge in [0.2, 0.25) is 0 Å². The Labute approximate surface area is 185 Å². The molecule has 1 aromatic heterocycles. The number of thioether (sulfide) groups is 1. The standard InChI is InChI=1S/C22H17N5O4S/c28-17-11-10-13-6-4-5-9-15(13)16(17)12-23-25-19(29)18(14-7-2-1-3-8-14)32-21-20(30)24-22(31)27-26-21/h1-12,18,28H,(H,25,29)(H2,24,27,30,31)/b23-12-. The van der Waals surface area contributed by atoms with Crippen molar-refractivity contribution in [3.63, 3.8) is 0 Å². The molecule has 0 bridgehead atoms. The van der Waals surface area contributed by atoms with Gasteiger partial charge in [-0.05, 0) is 22.4 Å². The average molecular weight is 447 g/mol. The fourth-order valence-electron chi connectivity index (χ4n) is 3.07. The molecule has 10 heteroatoms. The second kappa shape index (κ2) is 9.31. The number of carbonyl (C=O) groups excluding carboxylic acids is 1. The Kier molecular flexibility index (Phi) is 6.13. The van der Waals surface area contributed by atoms with E-state index in [0.717, 1.165) is 22.5 Å². The summed E-state index contributed by atoms with van der Waals surface area (Å²) in [4.78, 5) is 38.3. The number of aromatic hydroxyl groups is 1. The van der Waals surface area contributed by atoms with Crippen LogP contribution in [0.4, 0.5) is 0 Å². The molecule has 0 fully saturated rings. The third kappa shape index (κ3) is 4.60. The number of nitrogens with one attached hydrogen (secondary N) is 3. The van der Waals surface area contributed by atoms with Crippen LogP contribution in [0.5, 0.6) is 5.75 Å². The first-order valence-corrected chi connectivity index (χ1v) is 10.3. The predicted molar refractivity (Wildman–Crippen MR) is 122 cm³/mol. The number of hydrogen-bond donors (Lipinski definition) is 4. The molecule has 0 saturated heterocycles. The lowest BCUT2D eigenvalue weighted by molar-refractivity contribution is -0.120. The van der Waals surface area contributed by atoms with E-state index in [1.165, 1.54) is 6.21 Å². The first-order valence-electron chi connectivity index (χ1n) is 9.47. The summed E-state index contributed by atoms with van der Waals surface area (Å²) >= 11 is 0.877. The highest BCUT2D eigenvalue weighted by Crippen LogP contribution is 2.32. The van der Waals surface area contributed by atoms with Crippen LogP contribution in [0, 0.1) is 0 Å². The first kappa shape index (κ1) is 21.1. The molecule has 1 heterocycles. The van der Waals surface area contributed by atoms with Crippen LogP contribution < -0.4 is 16.7 Å². The maximum atomic E-state index is 12.9. The van der Waals surface area contributed by atoms with Gasteiger partial charge < -0.3 is 5.11 Å². The Morgan fingerprint density at radius 3 is 2.59 bits per heavy atom. The average Bonchev–Trinajstić information content (AvgIpc) is 2.80. The van der Waals surface area contributed by atoms with Gasteiger partial charge in [-0.3, -0.25) is 14.6 Å². The molecule has 0 aliphatic heterocycles. The van der Waals surface area contributed by atoms with Crippen molar-refractivity contribution in [3.05, 3.63) is 98.7 Å². The number of aromatic amines is 2. The Balaban J connectivity index is 1.60. The number of nitrogens with zero attached hydrogens (tertiary/aromatic N) is 2. The van der Waals surface area contributed by atoms with Gasteiger partial charge in [0.15, 0.2) is 5.03 Å². The topological polar surface area (TPSA) is 140 Å². The normalized spacial score (nSPS) is 12.1. The highest BCUT2D eigenvalue weighted by Gasteiger charge is 2.24. The van der Waals surface area contributed by atoms with Crippen molar-refractivity contribution >= 4 is 34.7 Å². The molecule has 1 unspecified atom stereocenters. The predicted octanol–water partition coefficient (Wildman–Crippen LogP) is 2.30. The molecule has 0 aliphatic carbocycles. The van der Waals surface area contributed by atoms with Crippen LogP contribution in [0.25, 0.3) is 10.8 Å². The van der Waals surface area contributed by atoms with E-state index in [-0.39, 0.29) is 10.8 Å². The van der Waals surface area contributed by atoms with Gasteiger partial charge in [0.25, 0.3) is 11.5 Å². The molecule has 0 aliphatic rings. The number of H-pyrrole nitrogens is 2. The molecule has 0 radical (unpaired) electrons. The Hall–Kier alpha value is -4.18. The van der Waals surface area contributed by atoms with E-state index in [1.54, 1.807) is 42.5 Å². The van der Waals surface area contributed by atoms with E-state index in [9.17, 15) is 19.5 Å². The summed E-state index contributed by atoms with van der Waals surface area (Å²) in [6.45, 7) is 0. The number of hydrazone groups is 1. The number of aromatic nitrogens is 3. The fourth-order valence-corrected chi connectivity index (χ4v) is 4.00. The van der Waals surface area contributed by atoms with Crippen molar-refractivity contribution in [1.29, 1.82) is 0 Å². The molecule has 1 amide bonds. The molecule has 3 aromatic carbocycles. The lowest BCUT2D eigenvalue weighted by Crippen LogP contribution is -2.28. The fraction of sp³-hybridized carbons (Fsp3) is 0.0455. The lowest BCUT2D eigenvalue weighted by Gasteiger charge is -2.14. The van der Waals surface area contributed by atoms with E-state index in [2.05, 4.69) is 25.7 Å². The van der Waals surface area contributed by atoms with E-state index in [0.29, 0.717) is 11.1 Å². The summed E-state index contributed by atoms with van der Waals surface area (Å²) in [5, 5.41) is 20.9. The van der Waals surface area contributed by atoms with Crippen molar-refractivity contribution in [2.45, 2.75) is 10.3 Å². The van der Waals surface area contributed by atoms with Crippen molar-refractivity contribution in [2.75, 3.05) is 0 Å². The molecule has 160 valence electrons. The van der Waals surface area contributed by atoms with Crippen molar-refractivity contribution in [2.24, 2.45) is 5.10 Å². The quantitative estimate of drug-likeness (QED) is 0.203. The number of fused-ring (bicyclic) bond motifs is 1. The van der Waals surface area contributed by atoms with Gasteiger partial charge in [0.1, 0.15) is 11.0 Å². The van der Waals surface area contributed by atoms with E-state index in [4.69, 9.17) is 0 Å². The molecule has 4 rings (SSSR count). The van der Waals surface area contributed by atoms with Crippen molar-refractivity contribution in [1.82, 2.24) is 20.6 Å². The highest BCUT2D eigenvalue weighted by molar-refractivity contribution is 8.00. The maximum Gasteiger partial charge on any atom is 0.342 e. The van der Waals surface area contributed by atoms with Gasteiger partial charge >= 0.3 is 5.69 Å². The summed E-state index contributed by atoms with van der Waals surface area (Å²) < 4.78 is 0. The van der Waals surface area contributed by atoms with Crippen molar-refractivity contribution in [3.8, 4) is 5.75 Å². The monoisotopic (exact) mass is 447 g/mol. The largest absolute Gasteiger partial charge is 0.507 e. The van der Waals surface area contributed by atoms with Gasteiger partial charge in [-0.25, -0.2) is 15.3 Å². The van der Waals surface area contributed by atoms with E-state index < -0.39 is 22.4 Å². The molecule has 0 spiro atoms. The third-order valence-corrected chi connectivity index (χ3v) is 5.79. The minimum Gasteiger partial charge on any atom is -0.507 e. The van der Waals surface area contributed by atoms with Crippen LogP contribution in [0.1, 0.15) is 16.4 Å². The number of benzene rings is 3. The molecule has 4 N–H and O–H groups in total. The van der Waals surface area contributed by atoms with Gasteiger partial charge in [0, 0.05) is 5.56 Å². The number of phenolic OH excluding ortho intramolecular Hbond substituents is 1. The Morgan fingerprint density at radius 1 is 1.06 bits per heavy atom. The van der Waals surface area contributed by atoms with Crippen LogP contribution in [0.15, 0.2) is 86.4 Å². The number of phenols is 1. The van der Waals surface area contributed by atoms with Crippen LogP contribution >= 0.6 is 11.8 Å². The second-order valence-electron chi connectivity index (χ2n) is 6.67. The van der Waals surface area contributed by atoms with Gasteiger partial charge in [0.05, 0.1) is 6.21 Å². The highest BCUT2D eigenvalue weighted by atomic mass is 32.2. The minimum absolute atomic E-state index is 0.0275. The summed E-state index contributed by atoms with van der Waals surface area (Å²) in [6, 6.07) is 19.6. The summed E-state index contributed by atoms with van der Waals surface area (Å²) in [7, 11) is 0. The first-order chi connectivity index (χ1) is 15.5. The van der Waals surface area contributed by atoms with Crippen LogP contribution in [-0.2, 0) is 4.79 Å². The smallest absolute Gasteiger partial charge is 0.342 e. The Bertz CT molecular complexity index is 1420. The number of carbonyl (C=O) groups is 1. The zero-order valence-corrected chi connectivity index (χ0v) is 17.3. The van der Waals surface area contributed by atoms with E-state index >= 15 is 0 Å². The second-order valence-corrected chi connectivity index (χ2v) is 7.77. The number of hydrogen-bond acceptors (Lipinski definition) is 7. The number of rotatable bonds is 6. The molecular formula is C22H17N5O4S. The van der Waals surface area contributed by atoms with Crippen LogP contribution in [0.2, 0.25) is 0 Å². The molecule has 32 heavy (non-hydrogen) atoms. The maximum absolute atomic E-state index is 12.9.